The molecule has 0 amide bonds. The molecule has 11 atom stereocenters. The lowest BCUT2D eigenvalue weighted by Gasteiger charge is -2.42. The maximum atomic E-state index is 13.0. The van der Waals surface area contributed by atoms with Crippen LogP contribution in [0.1, 0.15) is 194 Å². The number of esters is 1. The largest absolute Gasteiger partial charge is 0.457 e. The highest BCUT2D eigenvalue weighted by molar-refractivity contribution is 5.69. The van der Waals surface area contributed by atoms with Crippen molar-refractivity contribution < 1.29 is 69.0 Å². The quantitative estimate of drug-likeness (QED) is 0.0173. The van der Waals surface area contributed by atoms with Crippen LogP contribution in [0.15, 0.2) is 48.6 Å². The standard InChI is InChI=1S/C55H98O14/c1-3-5-7-9-11-13-15-17-19-20-21-22-23-25-27-29-31-33-35-37-39-64-41-44(67-47(57)38-36-34-32-30-28-26-24-18-16-14-12-10-8-6-4-2)42-65-54-53(63)51(61)49(59)46(69-54)43-66-55-52(62)50(60)48(58)45(40-56)68-55/h6,8,12,14,18,24,28,30,44-46,48-56,58-63H,3-5,7,9-11,13,15-17,19-23,25-27,29,31-43H2,1-2H3/b8-6-,14-12-,24-18-,30-28-. The summed E-state index contributed by atoms with van der Waals surface area (Å²) < 4.78 is 34.3. The Hall–Kier alpha value is -2.05. The lowest BCUT2D eigenvalue weighted by atomic mass is 9.98. The van der Waals surface area contributed by atoms with E-state index in [1.165, 1.54) is 109 Å². The van der Waals surface area contributed by atoms with Crippen molar-refractivity contribution >= 4 is 5.97 Å². The van der Waals surface area contributed by atoms with Gasteiger partial charge in [0.05, 0.1) is 26.4 Å². The van der Waals surface area contributed by atoms with Crippen LogP contribution in [0.25, 0.3) is 0 Å². The molecule has 0 bridgehead atoms. The number of carbonyl (C=O) groups excluding carboxylic acids is 1. The predicted molar refractivity (Wildman–Crippen MR) is 270 cm³/mol. The molecule has 0 radical (unpaired) electrons. The number of unbranched alkanes of at least 4 members (excludes halogenated alkanes) is 21. The third kappa shape index (κ3) is 29.9. The second-order valence-electron chi connectivity index (χ2n) is 19.0. The van der Waals surface area contributed by atoms with Crippen LogP contribution in [0.2, 0.25) is 0 Å². The van der Waals surface area contributed by atoms with Crippen LogP contribution in [0, 0.1) is 0 Å². The summed E-state index contributed by atoms with van der Waals surface area (Å²) in [5.74, 6) is -0.414. The van der Waals surface area contributed by atoms with Gasteiger partial charge in [-0.3, -0.25) is 4.79 Å². The number of rotatable bonds is 43. The predicted octanol–water partition coefficient (Wildman–Crippen LogP) is 8.74. The molecule has 14 nitrogen and oxygen atoms in total. The van der Waals surface area contributed by atoms with Gasteiger partial charge in [-0.15, -0.1) is 0 Å². The summed E-state index contributed by atoms with van der Waals surface area (Å²) in [6, 6.07) is 0. The molecule has 2 heterocycles. The molecular weight excluding hydrogens is 885 g/mol. The molecule has 0 spiro atoms. The minimum absolute atomic E-state index is 0.0461. The van der Waals surface area contributed by atoms with Crippen molar-refractivity contribution in [1.29, 1.82) is 0 Å². The molecule has 0 aromatic heterocycles. The van der Waals surface area contributed by atoms with Crippen molar-refractivity contribution in [2.45, 2.75) is 261 Å². The summed E-state index contributed by atoms with van der Waals surface area (Å²) in [6.07, 6.45) is 33.2. The molecule has 14 heteroatoms. The SMILES string of the molecule is CC/C=C\C/C=C\C/C=C\C/C=C\CCCCC(=O)OC(COCCCCCCCCCCCCCCCCCCCCCC)COC1OC(COC2OC(CO)C(O)C(O)C2O)C(O)C(O)C1O. The van der Waals surface area contributed by atoms with E-state index in [-0.39, 0.29) is 19.6 Å². The molecule has 0 saturated carbocycles. The van der Waals surface area contributed by atoms with E-state index in [1.807, 2.05) is 0 Å². The Balaban J connectivity index is 1.75. The van der Waals surface area contributed by atoms with E-state index >= 15 is 0 Å². The first-order valence-electron chi connectivity index (χ1n) is 27.2. The Morgan fingerprint density at radius 1 is 0.493 bits per heavy atom. The van der Waals surface area contributed by atoms with Crippen molar-refractivity contribution in [3.8, 4) is 0 Å². The maximum absolute atomic E-state index is 13.0. The second-order valence-corrected chi connectivity index (χ2v) is 19.0. The fourth-order valence-corrected chi connectivity index (χ4v) is 8.45. The number of ether oxygens (including phenoxy) is 6. The fourth-order valence-electron chi connectivity index (χ4n) is 8.45. The van der Waals surface area contributed by atoms with Gasteiger partial charge in [-0.05, 0) is 51.4 Å². The van der Waals surface area contributed by atoms with Crippen LogP contribution in [0.4, 0.5) is 0 Å². The molecule has 402 valence electrons. The summed E-state index contributed by atoms with van der Waals surface area (Å²) in [6.45, 7) is 3.54. The zero-order valence-corrected chi connectivity index (χ0v) is 42.8. The molecule has 0 aromatic carbocycles. The highest BCUT2D eigenvalue weighted by Crippen LogP contribution is 2.26. The molecule has 0 aromatic rings. The van der Waals surface area contributed by atoms with Crippen LogP contribution >= 0.6 is 0 Å². The van der Waals surface area contributed by atoms with Gasteiger partial charge >= 0.3 is 5.97 Å². The molecule has 0 aliphatic carbocycles. The van der Waals surface area contributed by atoms with Gasteiger partial charge in [-0.25, -0.2) is 0 Å². The minimum Gasteiger partial charge on any atom is -0.457 e. The highest BCUT2D eigenvalue weighted by Gasteiger charge is 2.47. The van der Waals surface area contributed by atoms with Crippen molar-refractivity contribution in [1.82, 2.24) is 0 Å². The molecule has 2 aliphatic rings. The van der Waals surface area contributed by atoms with Crippen molar-refractivity contribution in [3.05, 3.63) is 48.6 Å². The van der Waals surface area contributed by atoms with E-state index < -0.39 is 86.7 Å². The lowest BCUT2D eigenvalue weighted by Crippen LogP contribution is -2.61. The first-order valence-corrected chi connectivity index (χ1v) is 27.2. The van der Waals surface area contributed by atoms with Crippen molar-refractivity contribution in [3.63, 3.8) is 0 Å². The number of carbonyl (C=O) groups is 1. The van der Waals surface area contributed by atoms with E-state index in [2.05, 4.69) is 62.5 Å². The molecule has 11 unspecified atom stereocenters. The Bertz CT molecular complexity index is 1320. The molecule has 2 rings (SSSR count). The van der Waals surface area contributed by atoms with Crippen molar-refractivity contribution in [2.24, 2.45) is 0 Å². The van der Waals surface area contributed by atoms with Crippen LogP contribution in [0.5, 0.6) is 0 Å². The molecule has 2 fully saturated rings. The monoisotopic (exact) mass is 983 g/mol. The smallest absolute Gasteiger partial charge is 0.306 e. The van der Waals surface area contributed by atoms with E-state index in [4.69, 9.17) is 28.4 Å². The topological polar surface area (TPSA) is 214 Å². The first kappa shape index (κ1) is 63.1. The summed E-state index contributed by atoms with van der Waals surface area (Å²) in [4.78, 5) is 13.0. The fraction of sp³-hybridized carbons (Fsp3) is 0.836. The van der Waals surface area contributed by atoms with Gasteiger partial charge in [0.2, 0.25) is 0 Å². The minimum atomic E-state index is -1.71. The van der Waals surface area contributed by atoms with Crippen LogP contribution in [-0.2, 0) is 33.2 Å². The highest BCUT2D eigenvalue weighted by atomic mass is 16.7. The summed E-state index contributed by atoms with van der Waals surface area (Å²) in [5.41, 5.74) is 0. The Labute approximate surface area is 416 Å². The van der Waals surface area contributed by atoms with Crippen molar-refractivity contribution in [2.75, 3.05) is 33.0 Å². The molecule has 2 saturated heterocycles. The Kier molecular flexibility index (Phi) is 38.8. The summed E-state index contributed by atoms with van der Waals surface area (Å²) in [5, 5.41) is 72.2. The van der Waals surface area contributed by atoms with Gasteiger partial charge in [0.25, 0.3) is 0 Å². The average Bonchev–Trinajstić information content (AvgIpc) is 3.35. The van der Waals surface area contributed by atoms with Crippen LogP contribution in [0.3, 0.4) is 0 Å². The van der Waals surface area contributed by atoms with E-state index in [0.717, 1.165) is 57.8 Å². The normalized spacial score (nSPS) is 26.0. The van der Waals surface area contributed by atoms with E-state index in [9.17, 15) is 40.5 Å². The van der Waals surface area contributed by atoms with Crippen LogP contribution in [-0.4, -0.2) is 142 Å². The number of allylic oxidation sites excluding steroid dienone is 8. The molecular formula is C55H98O14. The zero-order chi connectivity index (χ0) is 50.2. The molecule has 69 heavy (non-hydrogen) atoms. The molecule has 2 aliphatic heterocycles. The van der Waals surface area contributed by atoms with E-state index in [1.54, 1.807) is 0 Å². The Morgan fingerprint density at radius 2 is 0.942 bits per heavy atom. The number of aliphatic hydroxyl groups excluding tert-OH is 7. The maximum Gasteiger partial charge on any atom is 0.306 e. The van der Waals surface area contributed by atoms with Gasteiger partial charge in [0, 0.05) is 13.0 Å². The van der Waals surface area contributed by atoms with Gasteiger partial charge in [-0.2, -0.15) is 0 Å². The zero-order valence-electron chi connectivity index (χ0n) is 42.8. The Morgan fingerprint density at radius 3 is 1.45 bits per heavy atom. The van der Waals surface area contributed by atoms with Gasteiger partial charge in [-0.1, -0.05) is 184 Å². The van der Waals surface area contributed by atoms with Gasteiger partial charge < -0.3 is 64.2 Å². The second kappa shape index (κ2) is 42.5. The summed E-state index contributed by atoms with van der Waals surface area (Å²) in [7, 11) is 0. The number of hydrogen-bond acceptors (Lipinski definition) is 14. The van der Waals surface area contributed by atoms with Gasteiger partial charge in [0.15, 0.2) is 12.6 Å². The van der Waals surface area contributed by atoms with Crippen LogP contribution < -0.4 is 0 Å². The first-order chi connectivity index (χ1) is 33.6. The third-order valence-corrected chi connectivity index (χ3v) is 12.9. The summed E-state index contributed by atoms with van der Waals surface area (Å²) >= 11 is 0. The number of aliphatic hydroxyl groups is 7. The lowest BCUT2D eigenvalue weighted by molar-refractivity contribution is -0.332. The number of hydrogen-bond donors (Lipinski definition) is 7. The van der Waals surface area contributed by atoms with E-state index in [0.29, 0.717) is 13.0 Å². The molecule has 7 N–H and O–H groups in total. The third-order valence-electron chi connectivity index (χ3n) is 12.9. The average molecular weight is 983 g/mol. The van der Waals surface area contributed by atoms with Gasteiger partial charge in [0.1, 0.15) is 54.9 Å².